The molecule has 1 N–H and O–H groups in total. The Balaban J connectivity index is 2.31. The summed E-state index contributed by atoms with van der Waals surface area (Å²) < 4.78 is 32.7. The van der Waals surface area contributed by atoms with Crippen LogP contribution in [0.5, 0.6) is 5.75 Å². The van der Waals surface area contributed by atoms with Gasteiger partial charge in [0, 0.05) is 16.6 Å². The minimum Gasteiger partial charge on any atom is -0.497 e. The number of hydrogen-bond acceptors (Lipinski definition) is 2. The molecule has 0 saturated carbocycles. The number of likely N-dealkylation sites (N-methyl/N-ethyl adjacent to an activating group) is 1. The standard InChI is InChI=1S/C16H16BrF2NO/c1-20-16(7-10-5-11(18)8-12(19)6-10)14-9-13(21-2)3-4-15(14)17/h3-6,8-9,16,20H,7H2,1-2H3. The lowest BCUT2D eigenvalue weighted by molar-refractivity contribution is 0.413. The molecular weight excluding hydrogens is 340 g/mol. The first-order valence-electron chi connectivity index (χ1n) is 6.49. The van der Waals surface area contributed by atoms with Crippen LogP contribution in [0.15, 0.2) is 40.9 Å². The topological polar surface area (TPSA) is 21.3 Å². The van der Waals surface area contributed by atoms with Gasteiger partial charge in [-0.05, 0) is 54.9 Å². The van der Waals surface area contributed by atoms with Gasteiger partial charge >= 0.3 is 0 Å². The second kappa shape index (κ2) is 7.00. The molecule has 0 bridgehead atoms. The van der Waals surface area contributed by atoms with Gasteiger partial charge in [-0.2, -0.15) is 0 Å². The summed E-state index contributed by atoms with van der Waals surface area (Å²) in [6.45, 7) is 0. The Labute approximate surface area is 131 Å². The maximum atomic E-state index is 13.3. The smallest absolute Gasteiger partial charge is 0.126 e. The van der Waals surface area contributed by atoms with E-state index in [1.807, 2.05) is 25.2 Å². The summed E-state index contributed by atoms with van der Waals surface area (Å²) >= 11 is 3.50. The van der Waals surface area contributed by atoms with E-state index >= 15 is 0 Å². The molecule has 1 unspecified atom stereocenters. The van der Waals surface area contributed by atoms with Crippen LogP contribution in [-0.2, 0) is 6.42 Å². The summed E-state index contributed by atoms with van der Waals surface area (Å²) in [5.41, 5.74) is 1.57. The lowest BCUT2D eigenvalue weighted by atomic mass is 9.98. The van der Waals surface area contributed by atoms with Gasteiger partial charge in [0.15, 0.2) is 0 Å². The van der Waals surface area contributed by atoms with Crippen LogP contribution >= 0.6 is 15.9 Å². The monoisotopic (exact) mass is 355 g/mol. The lowest BCUT2D eigenvalue weighted by Crippen LogP contribution is -2.19. The molecule has 0 fully saturated rings. The van der Waals surface area contributed by atoms with Crippen LogP contribution in [0.4, 0.5) is 8.78 Å². The molecule has 112 valence electrons. The zero-order valence-electron chi connectivity index (χ0n) is 11.8. The first kappa shape index (κ1) is 15.9. The number of halogens is 3. The number of ether oxygens (including phenoxy) is 1. The van der Waals surface area contributed by atoms with Crippen molar-refractivity contribution in [1.82, 2.24) is 5.32 Å². The maximum absolute atomic E-state index is 13.3. The molecular formula is C16H16BrF2NO. The number of hydrogen-bond donors (Lipinski definition) is 1. The van der Waals surface area contributed by atoms with Crippen molar-refractivity contribution in [2.24, 2.45) is 0 Å². The molecule has 2 aromatic carbocycles. The molecule has 2 nitrogen and oxygen atoms in total. The Morgan fingerprint density at radius 3 is 2.38 bits per heavy atom. The predicted octanol–water partition coefficient (Wildman–Crippen LogP) is 4.24. The van der Waals surface area contributed by atoms with Gasteiger partial charge in [-0.1, -0.05) is 15.9 Å². The fourth-order valence-electron chi connectivity index (χ4n) is 2.25. The Hall–Kier alpha value is -1.46. The first-order chi connectivity index (χ1) is 10.0. The van der Waals surface area contributed by atoms with E-state index in [2.05, 4.69) is 21.2 Å². The highest BCUT2D eigenvalue weighted by Gasteiger charge is 2.15. The van der Waals surface area contributed by atoms with E-state index in [4.69, 9.17) is 4.74 Å². The molecule has 2 rings (SSSR count). The number of rotatable bonds is 5. The van der Waals surface area contributed by atoms with Crippen molar-refractivity contribution in [2.75, 3.05) is 14.2 Å². The first-order valence-corrected chi connectivity index (χ1v) is 7.28. The van der Waals surface area contributed by atoms with Crippen molar-refractivity contribution in [3.05, 3.63) is 63.6 Å². The van der Waals surface area contributed by atoms with Gasteiger partial charge in [-0.25, -0.2) is 8.78 Å². The molecule has 0 aliphatic carbocycles. The van der Waals surface area contributed by atoms with Crippen LogP contribution in [0.2, 0.25) is 0 Å². The lowest BCUT2D eigenvalue weighted by Gasteiger charge is -2.19. The average molecular weight is 356 g/mol. The van der Waals surface area contributed by atoms with Crippen molar-refractivity contribution in [3.8, 4) is 5.75 Å². The van der Waals surface area contributed by atoms with Crippen LogP contribution in [0.25, 0.3) is 0 Å². The minimum atomic E-state index is -0.565. The van der Waals surface area contributed by atoms with Gasteiger partial charge in [-0.3, -0.25) is 0 Å². The molecule has 0 aromatic heterocycles. The highest BCUT2D eigenvalue weighted by molar-refractivity contribution is 9.10. The molecule has 21 heavy (non-hydrogen) atoms. The van der Waals surface area contributed by atoms with E-state index in [1.54, 1.807) is 7.11 Å². The summed E-state index contributed by atoms with van der Waals surface area (Å²) in [5, 5.41) is 3.17. The maximum Gasteiger partial charge on any atom is 0.126 e. The zero-order valence-corrected chi connectivity index (χ0v) is 13.4. The zero-order chi connectivity index (χ0) is 15.4. The van der Waals surface area contributed by atoms with Gasteiger partial charge in [0.2, 0.25) is 0 Å². The van der Waals surface area contributed by atoms with Gasteiger partial charge in [0.25, 0.3) is 0 Å². The summed E-state index contributed by atoms with van der Waals surface area (Å²) in [6, 6.07) is 9.13. The van der Waals surface area contributed by atoms with Gasteiger partial charge in [0.1, 0.15) is 17.4 Å². The van der Waals surface area contributed by atoms with E-state index in [1.165, 1.54) is 12.1 Å². The summed E-state index contributed by atoms with van der Waals surface area (Å²) in [7, 11) is 3.41. The molecule has 0 heterocycles. The van der Waals surface area contributed by atoms with Crippen LogP contribution in [0.1, 0.15) is 17.2 Å². The van der Waals surface area contributed by atoms with Gasteiger partial charge in [-0.15, -0.1) is 0 Å². The molecule has 5 heteroatoms. The molecule has 0 aliphatic heterocycles. The summed E-state index contributed by atoms with van der Waals surface area (Å²) in [4.78, 5) is 0. The van der Waals surface area contributed by atoms with Gasteiger partial charge < -0.3 is 10.1 Å². The quantitative estimate of drug-likeness (QED) is 0.865. The molecule has 0 spiro atoms. The van der Waals surface area contributed by atoms with Crippen LogP contribution in [0, 0.1) is 11.6 Å². The Bertz CT molecular complexity index is 613. The highest BCUT2D eigenvalue weighted by Crippen LogP contribution is 2.30. The molecule has 0 aliphatic rings. The van der Waals surface area contributed by atoms with E-state index in [9.17, 15) is 8.78 Å². The van der Waals surface area contributed by atoms with Crippen LogP contribution in [0.3, 0.4) is 0 Å². The number of nitrogens with one attached hydrogen (secondary N) is 1. The molecule has 0 radical (unpaired) electrons. The second-order valence-electron chi connectivity index (χ2n) is 4.71. The largest absolute Gasteiger partial charge is 0.497 e. The molecule has 0 saturated heterocycles. The highest BCUT2D eigenvalue weighted by atomic mass is 79.9. The van der Waals surface area contributed by atoms with Crippen molar-refractivity contribution in [3.63, 3.8) is 0 Å². The fourth-order valence-corrected chi connectivity index (χ4v) is 2.77. The third-order valence-corrected chi connectivity index (χ3v) is 4.01. The normalized spacial score (nSPS) is 12.2. The summed E-state index contributed by atoms with van der Waals surface area (Å²) in [5.74, 6) is -0.395. The second-order valence-corrected chi connectivity index (χ2v) is 5.56. The van der Waals surface area contributed by atoms with E-state index in [0.717, 1.165) is 21.9 Å². The van der Waals surface area contributed by atoms with Crippen LogP contribution in [-0.4, -0.2) is 14.2 Å². The number of benzene rings is 2. The van der Waals surface area contributed by atoms with Crippen molar-refractivity contribution < 1.29 is 13.5 Å². The Morgan fingerprint density at radius 1 is 1.14 bits per heavy atom. The number of methoxy groups -OCH3 is 1. The van der Waals surface area contributed by atoms with E-state index in [0.29, 0.717) is 12.0 Å². The molecule has 2 aromatic rings. The van der Waals surface area contributed by atoms with Crippen LogP contribution < -0.4 is 10.1 Å². The third-order valence-electron chi connectivity index (χ3n) is 3.29. The fraction of sp³-hybridized carbons (Fsp3) is 0.250. The SMILES string of the molecule is CNC(Cc1cc(F)cc(F)c1)c1cc(OC)ccc1Br. The van der Waals surface area contributed by atoms with Gasteiger partial charge in [0.05, 0.1) is 7.11 Å². The third kappa shape index (κ3) is 4.02. The summed E-state index contributed by atoms with van der Waals surface area (Å²) in [6.07, 6.45) is 0.469. The van der Waals surface area contributed by atoms with Crippen molar-refractivity contribution >= 4 is 15.9 Å². The predicted molar refractivity (Wildman–Crippen MR) is 82.6 cm³/mol. The molecule has 0 amide bonds. The Morgan fingerprint density at radius 2 is 1.81 bits per heavy atom. The Kier molecular flexibility index (Phi) is 5.31. The van der Waals surface area contributed by atoms with E-state index in [-0.39, 0.29) is 6.04 Å². The molecule has 1 atom stereocenters. The average Bonchev–Trinajstić information content (AvgIpc) is 2.44. The van der Waals surface area contributed by atoms with Crippen molar-refractivity contribution in [1.29, 1.82) is 0 Å². The van der Waals surface area contributed by atoms with Crippen molar-refractivity contribution in [2.45, 2.75) is 12.5 Å². The van der Waals surface area contributed by atoms with E-state index < -0.39 is 11.6 Å². The minimum absolute atomic E-state index is 0.0873.